The number of carbonyl (C=O) groups is 1. The van der Waals surface area contributed by atoms with E-state index in [9.17, 15) is 4.79 Å². The lowest BCUT2D eigenvalue weighted by atomic mass is 10.1. The van der Waals surface area contributed by atoms with Gasteiger partial charge in [-0.15, -0.1) is 0 Å². The van der Waals surface area contributed by atoms with Crippen molar-refractivity contribution in [3.8, 4) is 0 Å². The van der Waals surface area contributed by atoms with Crippen LogP contribution in [-0.2, 0) is 0 Å². The summed E-state index contributed by atoms with van der Waals surface area (Å²) in [7, 11) is 5.46. The summed E-state index contributed by atoms with van der Waals surface area (Å²) in [5.41, 5.74) is 2.02. The monoisotopic (exact) mass is 155 g/mol. The van der Waals surface area contributed by atoms with E-state index in [0.717, 1.165) is 10.4 Å². The molecule has 0 spiro atoms. The second-order valence-electron chi connectivity index (χ2n) is 2.67. The summed E-state index contributed by atoms with van der Waals surface area (Å²) in [5.74, 6) is -0.185. The van der Waals surface area contributed by atoms with Crippen molar-refractivity contribution in [1.29, 1.82) is 0 Å². The minimum absolute atomic E-state index is 0.185. The molecule has 1 heterocycles. The van der Waals surface area contributed by atoms with Gasteiger partial charge in [0.1, 0.15) is 0 Å². The van der Waals surface area contributed by atoms with Crippen molar-refractivity contribution in [2.45, 2.75) is 0 Å². The third-order valence-corrected chi connectivity index (χ3v) is 1.98. The fraction of sp³-hybridized carbons (Fsp3) is 0. The average molecular weight is 155 g/mol. The number of fused-ring (bicyclic) bond motifs is 1. The quantitative estimate of drug-likeness (QED) is 0.515. The van der Waals surface area contributed by atoms with Crippen LogP contribution in [0.25, 0.3) is 5.70 Å². The minimum Gasteiger partial charge on any atom is -0.365 e. The Balaban J connectivity index is 2.67. The molecule has 12 heavy (non-hydrogen) atoms. The molecule has 0 saturated heterocycles. The Hall–Kier alpha value is -1.51. The van der Waals surface area contributed by atoms with Crippen molar-refractivity contribution in [3.63, 3.8) is 0 Å². The fourth-order valence-electron chi connectivity index (χ4n) is 1.30. The van der Waals surface area contributed by atoms with Crippen LogP contribution in [-0.4, -0.2) is 18.7 Å². The van der Waals surface area contributed by atoms with Crippen LogP contribution in [0.4, 0.5) is 0 Å². The second-order valence-corrected chi connectivity index (χ2v) is 2.67. The third kappa shape index (κ3) is 0.734. The van der Waals surface area contributed by atoms with Gasteiger partial charge in [0.15, 0.2) is 0 Å². The van der Waals surface area contributed by atoms with Crippen molar-refractivity contribution in [3.05, 3.63) is 42.0 Å². The summed E-state index contributed by atoms with van der Waals surface area (Å²) in [6.07, 6.45) is 0. The molecule has 0 fully saturated rings. The van der Waals surface area contributed by atoms with Crippen molar-refractivity contribution < 1.29 is 4.79 Å². The first-order valence-corrected chi connectivity index (χ1v) is 3.59. The molecule has 0 bridgehead atoms. The average Bonchev–Trinajstić information content (AvgIpc) is 2.33. The van der Waals surface area contributed by atoms with E-state index in [1.54, 1.807) is 6.07 Å². The van der Waals surface area contributed by atoms with Crippen LogP contribution in [0.1, 0.15) is 15.9 Å². The van der Waals surface area contributed by atoms with Gasteiger partial charge in [-0.3, -0.25) is 4.79 Å². The predicted octanol–water partition coefficient (Wildman–Crippen LogP) is 1.20. The molecule has 2 radical (unpaired) electrons. The molecular weight excluding hydrogens is 149 g/mol. The van der Waals surface area contributed by atoms with Crippen LogP contribution in [0.2, 0.25) is 0 Å². The molecule has 3 heteroatoms. The number of amides is 1. The van der Waals surface area contributed by atoms with E-state index in [-0.39, 0.29) is 5.91 Å². The van der Waals surface area contributed by atoms with E-state index >= 15 is 0 Å². The van der Waals surface area contributed by atoms with Gasteiger partial charge in [0.05, 0.1) is 0 Å². The Bertz CT molecular complexity index is 338. The van der Waals surface area contributed by atoms with E-state index in [1.807, 2.05) is 18.2 Å². The molecule has 0 unspecified atom stereocenters. The Labute approximate surface area is 71.9 Å². The SMILES string of the molecule is [B]N1C(=C)c2ccccc2C1=O. The Morgan fingerprint density at radius 1 is 1.25 bits per heavy atom. The van der Waals surface area contributed by atoms with E-state index in [1.165, 1.54) is 0 Å². The van der Waals surface area contributed by atoms with Crippen LogP contribution in [0.3, 0.4) is 0 Å². The lowest BCUT2D eigenvalue weighted by Gasteiger charge is -2.08. The molecule has 2 nitrogen and oxygen atoms in total. The maximum absolute atomic E-state index is 11.3. The molecule has 1 aromatic carbocycles. The molecule has 56 valence electrons. The van der Waals surface area contributed by atoms with Crippen molar-refractivity contribution >= 4 is 19.6 Å². The molecule has 1 aliphatic rings. The van der Waals surface area contributed by atoms with E-state index in [4.69, 9.17) is 7.98 Å². The Morgan fingerprint density at radius 3 is 2.42 bits per heavy atom. The second kappa shape index (κ2) is 2.24. The summed E-state index contributed by atoms with van der Waals surface area (Å²) < 4.78 is 0. The molecule has 0 N–H and O–H groups in total. The Kier molecular flexibility index (Phi) is 1.34. The van der Waals surface area contributed by atoms with Gasteiger partial charge < -0.3 is 4.81 Å². The van der Waals surface area contributed by atoms with Gasteiger partial charge in [-0.2, -0.15) is 0 Å². The fourth-order valence-corrected chi connectivity index (χ4v) is 1.30. The van der Waals surface area contributed by atoms with Crippen LogP contribution in [0.5, 0.6) is 0 Å². The summed E-state index contributed by atoms with van der Waals surface area (Å²) in [4.78, 5) is 12.4. The normalized spacial score (nSPS) is 15.2. The van der Waals surface area contributed by atoms with Gasteiger partial charge >= 0.3 is 0 Å². The highest BCUT2D eigenvalue weighted by atomic mass is 16.2. The first kappa shape index (κ1) is 7.16. The summed E-state index contributed by atoms with van der Waals surface area (Å²) in [6.45, 7) is 3.71. The van der Waals surface area contributed by atoms with Gasteiger partial charge in [-0.25, -0.2) is 0 Å². The maximum atomic E-state index is 11.3. The van der Waals surface area contributed by atoms with Crippen LogP contribution < -0.4 is 0 Å². The van der Waals surface area contributed by atoms with Gasteiger partial charge in [0, 0.05) is 16.8 Å². The largest absolute Gasteiger partial charge is 0.365 e. The zero-order chi connectivity index (χ0) is 8.72. The number of rotatable bonds is 0. The van der Waals surface area contributed by atoms with Crippen molar-refractivity contribution in [1.82, 2.24) is 4.81 Å². The van der Waals surface area contributed by atoms with E-state index in [2.05, 4.69) is 6.58 Å². The van der Waals surface area contributed by atoms with E-state index in [0.29, 0.717) is 11.3 Å². The molecular formula is C9H6BNO. The van der Waals surface area contributed by atoms with Gasteiger partial charge in [-0.1, -0.05) is 24.8 Å². The molecule has 1 aromatic rings. The standard InChI is InChI=1S/C9H6BNO/c1-6-7-4-2-3-5-8(7)9(12)11(6)10/h2-5H,1H2. The first-order chi connectivity index (χ1) is 5.72. The number of carbonyl (C=O) groups excluding carboxylic acids is 1. The number of hydrogen-bond donors (Lipinski definition) is 0. The lowest BCUT2D eigenvalue weighted by Crippen LogP contribution is -2.18. The molecule has 1 amide bonds. The van der Waals surface area contributed by atoms with Crippen LogP contribution in [0.15, 0.2) is 30.8 Å². The predicted molar refractivity (Wildman–Crippen MR) is 47.4 cm³/mol. The molecule has 1 aliphatic heterocycles. The minimum atomic E-state index is -0.185. The Morgan fingerprint density at radius 2 is 1.83 bits per heavy atom. The number of hydrogen-bond acceptors (Lipinski definition) is 1. The highest BCUT2D eigenvalue weighted by molar-refractivity contribution is 6.27. The smallest absolute Gasteiger partial charge is 0.245 e. The lowest BCUT2D eigenvalue weighted by molar-refractivity contribution is 0.0918. The molecule has 0 aliphatic carbocycles. The van der Waals surface area contributed by atoms with Crippen molar-refractivity contribution in [2.24, 2.45) is 0 Å². The molecule has 0 atom stereocenters. The van der Waals surface area contributed by atoms with Gasteiger partial charge in [-0.05, 0) is 6.07 Å². The zero-order valence-corrected chi connectivity index (χ0v) is 6.45. The highest BCUT2D eigenvalue weighted by Gasteiger charge is 2.26. The van der Waals surface area contributed by atoms with Crippen LogP contribution in [0, 0.1) is 0 Å². The molecule has 0 saturated carbocycles. The maximum Gasteiger partial charge on any atom is 0.245 e. The van der Waals surface area contributed by atoms with Crippen LogP contribution >= 0.6 is 0 Å². The third-order valence-electron chi connectivity index (χ3n) is 1.98. The summed E-state index contributed by atoms with van der Waals surface area (Å²) in [5, 5.41) is 0. The first-order valence-electron chi connectivity index (χ1n) is 3.59. The number of benzene rings is 1. The topological polar surface area (TPSA) is 20.3 Å². The van der Waals surface area contributed by atoms with Gasteiger partial charge in [0.25, 0.3) is 0 Å². The number of nitrogens with zero attached hydrogens (tertiary/aromatic N) is 1. The summed E-state index contributed by atoms with van der Waals surface area (Å²) in [6, 6.07) is 7.25. The summed E-state index contributed by atoms with van der Waals surface area (Å²) >= 11 is 0. The zero-order valence-electron chi connectivity index (χ0n) is 6.45. The van der Waals surface area contributed by atoms with E-state index < -0.39 is 0 Å². The molecule has 0 aromatic heterocycles. The van der Waals surface area contributed by atoms with Crippen molar-refractivity contribution in [2.75, 3.05) is 0 Å². The molecule has 2 rings (SSSR count). The highest BCUT2D eigenvalue weighted by Crippen LogP contribution is 2.28. The van der Waals surface area contributed by atoms with Gasteiger partial charge in [0.2, 0.25) is 13.9 Å².